The molecule has 1 N–H and O–H groups in total. The fraction of sp³-hybridized carbons (Fsp3) is 0.680. The average molecular weight is 471 g/mol. The second kappa shape index (κ2) is 16.0. The maximum Gasteiger partial charge on any atom is 0.330 e. The molecule has 190 valence electrons. The molecule has 0 aromatic heterocycles. The quantitative estimate of drug-likeness (QED) is 0.273. The molecule has 0 saturated carbocycles. The standard InChI is InChI=1S/C13H22O4.C12H20O4/c1-6-10(7-8-11(14)16-5)9-12(15)17-13(2,3)4;1-5-9(6-7-10(13)14)8-11(15)16-12(2,3)4/h7-8,10H,6,9H2,1-5H3;6-7,9H,5,8H2,1-4H3,(H,13,14)/b8-7+;7-6+/t10-;9-/m00/s1. The molecule has 8 nitrogen and oxygen atoms in total. The van der Waals surface area contributed by atoms with Crippen molar-refractivity contribution in [1.82, 2.24) is 0 Å². The maximum atomic E-state index is 11.6. The highest BCUT2D eigenvalue weighted by atomic mass is 16.6. The first-order valence-corrected chi connectivity index (χ1v) is 11.1. The van der Waals surface area contributed by atoms with Crippen LogP contribution in [0.15, 0.2) is 24.3 Å². The summed E-state index contributed by atoms with van der Waals surface area (Å²) in [4.78, 5) is 44.3. The molecule has 0 aromatic rings. The molecule has 0 radical (unpaired) electrons. The fourth-order valence-corrected chi connectivity index (χ4v) is 2.39. The van der Waals surface area contributed by atoms with Crippen molar-refractivity contribution in [3.05, 3.63) is 24.3 Å². The van der Waals surface area contributed by atoms with Crippen molar-refractivity contribution in [3.63, 3.8) is 0 Å². The van der Waals surface area contributed by atoms with Crippen LogP contribution in [-0.2, 0) is 33.4 Å². The number of aliphatic carboxylic acids is 1. The molecule has 0 spiro atoms. The molecule has 0 bridgehead atoms. The first-order chi connectivity index (χ1) is 15.0. The molecular formula is C25H42O8. The van der Waals surface area contributed by atoms with Crippen LogP contribution in [-0.4, -0.2) is 47.3 Å². The summed E-state index contributed by atoms with van der Waals surface area (Å²) in [6, 6.07) is 0. The molecular weight excluding hydrogens is 428 g/mol. The topological polar surface area (TPSA) is 116 Å². The zero-order valence-electron chi connectivity index (χ0n) is 21.6. The largest absolute Gasteiger partial charge is 0.478 e. The van der Waals surface area contributed by atoms with Crippen LogP contribution in [0.25, 0.3) is 0 Å². The van der Waals surface area contributed by atoms with E-state index in [-0.39, 0.29) is 36.6 Å². The van der Waals surface area contributed by atoms with Gasteiger partial charge in [-0.2, -0.15) is 0 Å². The van der Waals surface area contributed by atoms with E-state index >= 15 is 0 Å². The lowest BCUT2D eigenvalue weighted by Gasteiger charge is -2.20. The zero-order chi connectivity index (χ0) is 26.2. The minimum atomic E-state index is -0.998. The van der Waals surface area contributed by atoms with Crippen molar-refractivity contribution in [2.75, 3.05) is 7.11 Å². The first-order valence-electron chi connectivity index (χ1n) is 11.1. The Labute approximate surface area is 198 Å². The van der Waals surface area contributed by atoms with Gasteiger partial charge in [-0.15, -0.1) is 0 Å². The van der Waals surface area contributed by atoms with Crippen LogP contribution in [0.2, 0.25) is 0 Å². The van der Waals surface area contributed by atoms with Gasteiger partial charge >= 0.3 is 23.9 Å². The van der Waals surface area contributed by atoms with Crippen molar-refractivity contribution >= 4 is 23.9 Å². The number of methoxy groups -OCH3 is 1. The van der Waals surface area contributed by atoms with Gasteiger partial charge in [-0.3, -0.25) is 9.59 Å². The molecule has 0 heterocycles. The number of carbonyl (C=O) groups excluding carboxylic acids is 3. The lowest BCUT2D eigenvalue weighted by atomic mass is 10.0. The van der Waals surface area contributed by atoms with Crippen LogP contribution >= 0.6 is 0 Å². The second-order valence-corrected chi connectivity index (χ2v) is 9.50. The minimum Gasteiger partial charge on any atom is -0.478 e. The molecule has 8 heteroatoms. The number of esters is 3. The van der Waals surface area contributed by atoms with Crippen LogP contribution in [0.1, 0.15) is 81.1 Å². The lowest BCUT2D eigenvalue weighted by Crippen LogP contribution is -2.25. The van der Waals surface area contributed by atoms with Crippen LogP contribution in [0.4, 0.5) is 0 Å². The molecule has 0 saturated heterocycles. The summed E-state index contributed by atoms with van der Waals surface area (Å²) in [5, 5.41) is 8.48. The Bertz CT molecular complexity index is 678. The third kappa shape index (κ3) is 22.3. The fourth-order valence-electron chi connectivity index (χ4n) is 2.39. The second-order valence-electron chi connectivity index (χ2n) is 9.50. The highest BCUT2D eigenvalue weighted by molar-refractivity contribution is 5.82. The number of carboxylic acid groups (broad SMARTS) is 1. The Kier molecular flexibility index (Phi) is 15.8. The average Bonchev–Trinajstić information content (AvgIpc) is 2.65. The van der Waals surface area contributed by atoms with Gasteiger partial charge in [-0.1, -0.05) is 26.0 Å². The number of rotatable bonds is 10. The summed E-state index contributed by atoms with van der Waals surface area (Å²) < 4.78 is 14.9. The molecule has 0 rings (SSSR count). The Morgan fingerprint density at radius 2 is 1.12 bits per heavy atom. The highest BCUT2D eigenvalue weighted by Crippen LogP contribution is 2.16. The summed E-state index contributed by atoms with van der Waals surface area (Å²) in [5.74, 6) is -2.03. The van der Waals surface area contributed by atoms with Crippen molar-refractivity contribution in [2.45, 2.75) is 92.3 Å². The maximum absolute atomic E-state index is 11.6. The van der Waals surface area contributed by atoms with Gasteiger partial charge in [0.25, 0.3) is 0 Å². The van der Waals surface area contributed by atoms with E-state index in [4.69, 9.17) is 14.6 Å². The van der Waals surface area contributed by atoms with Crippen LogP contribution < -0.4 is 0 Å². The number of allylic oxidation sites excluding steroid dienone is 2. The van der Waals surface area contributed by atoms with Crippen molar-refractivity contribution < 1.29 is 38.5 Å². The minimum absolute atomic E-state index is 0.00366. The highest BCUT2D eigenvalue weighted by Gasteiger charge is 2.19. The monoisotopic (exact) mass is 470 g/mol. The van der Waals surface area contributed by atoms with Gasteiger partial charge in [0.15, 0.2) is 0 Å². The normalized spacial score (nSPS) is 13.6. The molecule has 0 aliphatic carbocycles. The third-order valence-corrected chi connectivity index (χ3v) is 3.96. The van der Waals surface area contributed by atoms with E-state index in [1.165, 1.54) is 19.3 Å². The van der Waals surface area contributed by atoms with E-state index in [0.717, 1.165) is 12.5 Å². The van der Waals surface area contributed by atoms with Crippen LogP contribution in [0, 0.1) is 11.8 Å². The summed E-state index contributed by atoms with van der Waals surface area (Å²) in [6.07, 6.45) is 7.62. The first kappa shape index (κ1) is 32.5. The van der Waals surface area contributed by atoms with Gasteiger partial charge < -0.3 is 19.3 Å². The SMILES string of the molecule is CC[C@@H](/C=C/C(=O)O)CC(=O)OC(C)(C)C.CC[C@@H](/C=C/C(=O)OC)CC(=O)OC(C)(C)C. The van der Waals surface area contributed by atoms with Gasteiger partial charge in [0.1, 0.15) is 11.2 Å². The van der Waals surface area contributed by atoms with Crippen molar-refractivity contribution in [2.24, 2.45) is 11.8 Å². The summed E-state index contributed by atoms with van der Waals surface area (Å²) in [5.41, 5.74) is -0.965. The van der Waals surface area contributed by atoms with E-state index in [9.17, 15) is 19.2 Å². The predicted molar refractivity (Wildman–Crippen MR) is 126 cm³/mol. The van der Waals surface area contributed by atoms with Gasteiger partial charge in [0.05, 0.1) is 20.0 Å². The van der Waals surface area contributed by atoms with Gasteiger partial charge in [-0.25, -0.2) is 9.59 Å². The molecule has 33 heavy (non-hydrogen) atoms. The Balaban J connectivity index is 0. The van der Waals surface area contributed by atoms with Crippen LogP contribution in [0.3, 0.4) is 0 Å². The number of hydrogen-bond donors (Lipinski definition) is 1. The summed E-state index contributed by atoms with van der Waals surface area (Å²) >= 11 is 0. The molecule has 2 atom stereocenters. The van der Waals surface area contributed by atoms with E-state index < -0.39 is 23.1 Å². The number of carboxylic acids is 1. The smallest absolute Gasteiger partial charge is 0.330 e. The number of carbonyl (C=O) groups is 4. The molecule has 0 unspecified atom stereocenters. The molecule has 0 fully saturated rings. The van der Waals surface area contributed by atoms with E-state index in [1.54, 1.807) is 26.8 Å². The predicted octanol–water partition coefficient (Wildman–Crippen LogP) is 4.86. The molecule has 0 aliphatic heterocycles. The van der Waals surface area contributed by atoms with E-state index in [0.29, 0.717) is 6.42 Å². The van der Waals surface area contributed by atoms with Gasteiger partial charge in [0, 0.05) is 12.2 Å². The summed E-state index contributed by atoms with van der Waals surface area (Å²) in [6.45, 7) is 14.8. The van der Waals surface area contributed by atoms with Crippen molar-refractivity contribution in [3.8, 4) is 0 Å². The van der Waals surface area contributed by atoms with Gasteiger partial charge in [-0.05, 0) is 66.2 Å². The Morgan fingerprint density at radius 3 is 1.39 bits per heavy atom. The molecule has 0 amide bonds. The number of hydrogen-bond acceptors (Lipinski definition) is 7. The molecule has 0 aromatic carbocycles. The zero-order valence-corrected chi connectivity index (χ0v) is 21.6. The van der Waals surface area contributed by atoms with Crippen molar-refractivity contribution in [1.29, 1.82) is 0 Å². The third-order valence-electron chi connectivity index (χ3n) is 3.96. The molecule has 0 aliphatic rings. The number of ether oxygens (including phenoxy) is 3. The lowest BCUT2D eigenvalue weighted by molar-refractivity contribution is -0.156. The van der Waals surface area contributed by atoms with Gasteiger partial charge in [0.2, 0.25) is 0 Å². The van der Waals surface area contributed by atoms with E-state index in [1.807, 2.05) is 34.6 Å². The van der Waals surface area contributed by atoms with E-state index in [2.05, 4.69) is 4.74 Å². The van der Waals surface area contributed by atoms with Crippen LogP contribution in [0.5, 0.6) is 0 Å². The Hall–Kier alpha value is -2.64. The Morgan fingerprint density at radius 1 is 0.758 bits per heavy atom. The summed E-state index contributed by atoms with van der Waals surface area (Å²) in [7, 11) is 1.32.